The van der Waals surface area contributed by atoms with E-state index < -0.39 is 5.54 Å². The standard InChI is InChI=1S/C11H16INO/c1-8-3-4-10(12)9(7-8)11(2,13)5-6-14/h3-4,7,14H,5-6,13H2,1-2H3/t11-/m1/s1. The van der Waals surface area contributed by atoms with Crippen LogP contribution in [0.5, 0.6) is 0 Å². The zero-order valence-electron chi connectivity index (χ0n) is 8.55. The average molecular weight is 305 g/mol. The second kappa shape index (κ2) is 4.59. The summed E-state index contributed by atoms with van der Waals surface area (Å²) in [5.74, 6) is 0. The van der Waals surface area contributed by atoms with Crippen LogP contribution < -0.4 is 5.73 Å². The lowest BCUT2D eigenvalue weighted by Gasteiger charge is -2.26. The van der Waals surface area contributed by atoms with Crippen molar-refractivity contribution in [2.24, 2.45) is 5.73 Å². The largest absolute Gasteiger partial charge is 0.396 e. The summed E-state index contributed by atoms with van der Waals surface area (Å²) in [6.45, 7) is 4.13. The zero-order chi connectivity index (χ0) is 10.8. The number of rotatable bonds is 3. The molecule has 0 aliphatic rings. The Morgan fingerprint density at radius 1 is 1.50 bits per heavy atom. The number of nitrogens with two attached hydrogens (primary N) is 1. The molecule has 78 valence electrons. The van der Waals surface area contributed by atoms with Crippen LogP contribution in [0.3, 0.4) is 0 Å². The third-order valence-electron chi connectivity index (χ3n) is 2.37. The Morgan fingerprint density at radius 3 is 2.71 bits per heavy atom. The highest BCUT2D eigenvalue weighted by molar-refractivity contribution is 14.1. The molecule has 1 rings (SSSR count). The van der Waals surface area contributed by atoms with Crippen LogP contribution in [0.4, 0.5) is 0 Å². The van der Waals surface area contributed by atoms with Crippen molar-refractivity contribution in [1.82, 2.24) is 0 Å². The minimum atomic E-state index is -0.433. The number of hydrogen-bond acceptors (Lipinski definition) is 2. The lowest BCUT2D eigenvalue weighted by molar-refractivity contribution is 0.247. The van der Waals surface area contributed by atoms with Gasteiger partial charge in [-0.2, -0.15) is 0 Å². The fourth-order valence-corrected chi connectivity index (χ4v) is 2.40. The maximum Gasteiger partial charge on any atom is 0.0451 e. The zero-order valence-corrected chi connectivity index (χ0v) is 10.7. The molecule has 0 bridgehead atoms. The molecule has 0 aliphatic carbocycles. The van der Waals surface area contributed by atoms with Gasteiger partial charge in [0.05, 0.1) is 0 Å². The summed E-state index contributed by atoms with van der Waals surface area (Å²) in [7, 11) is 0. The average Bonchev–Trinajstić information content (AvgIpc) is 2.09. The Hall–Kier alpha value is -0.130. The van der Waals surface area contributed by atoms with E-state index in [1.165, 1.54) is 5.56 Å². The van der Waals surface area contributed by atoms with Crippen molar-refractivity contribution in [2.45, 2.75) is 25.8 Å². The predicted molar refractivity (Wildman–Crippen MR) is 67.1 cm³/mol. The van der Waals surface area contributed by atoms with Gasteiger partial charge in [0.2, 0.25) is 0 Å². The second-order valence-corrected chi connectivity index (χ2v) is 5.04. The molecule has 0 saturated heterocycles. The van der Waals surface area contributed by atoms with E-state index >= 15 is 0 Å². The van der Waals surface area contributed by atoms with E-state index in [2.05, 4.69) is 47.7 Å². The van der Waals surface area contributed by atoms with Crippen molar-refractivity contribution in [2.75, 3.05) is 6.61 Å². The first-order valence-corrected chi connectivity index (χ1v) is 5.71. The third kappa shape index (κ3) is 2.68. The van der Waals surface area contributed by atoms with Crippen molar-refractivity contribution >= 4 is 22.6 Å². The lowest BCUT2D eigenvalue weighted by atomic mass is 9.89. The topological polar surface area (TPSA) is 46.2 Å². The first kappa shape index (κ1) is 11.9. The monoisotopic (exact) mass is 305 g/mol. The van der Waals surface area contributed by atoms with Crippen molar-refractivity contribution in [3.05, 3.63) is 32.9 Å². The quantitative estimate of drug-likeness (QED) is 0.841. The van der Waals surface area contributed by atoms with Crippen LogP contribution in [0.2, 0.25) is 0 Å². The molecule has 1 aromatic carbocycles. The summed E-state index contributed by atoms with van der Waals surface area (Å²) in [4.78, 5) is 0. The molecule has 0 saturated carbocycles. The normalized spacial score (nSPS) is 15.2. The van der Waals surface area contributed by atoms with Crippen LogP contribution in [0.1, 0.15) is 24.5 Å². The van der Waals surface area contributed by atoms with E-state index in [9.17, 15) is 0 Å². The van der Waals surface area contributed by atoms with E-state index in [1.54, 1.807) is 0 Å². The van der Waals surface area contributed by atoms with Gasteiger partial charge < -0.3 is 10.8 Å². The molecule has 0 unspecified atom stereocenters. The minimum absolute atomic E-state index is 0.122. The van der Waals surface area contributed by atoms with E-state index in [4.69, 9.17) is 10.8 Å². The van der Waals surface area contributed by atoms with Gasteiger partial charge in [-0.05, 0) is 54.5 Å². The van der Waals surface area contributed by atoms with Gasteiger partial charge in [-0.25, -0.2) is 0 Å². The fraction of sp³-hybridized carbons (Fsp3) is 0.455. The Morgan fingerprint density at radius 2 is 2.14 bits per heavy atom. The van der Waals surface area contributed by atoms with E-state index in [1.807, 2.05) is 6.92 Å². The van der Waals surface area contributed by atoms with Crippen LogP contribution in [0.25, 0.3) is 0 Å². The van der Waals surface area contributed by atoms with Crippen LogP contribution in [0.15, 0.2) is 18.2 Å². The van der Waals surface area contributed by atoms with Gasteiger partial charge in [0.25, 0.3) is 0 Å². The maximum atomic E-state index is 8.94. The molecule has 0 heterocycles. The maximum absolute atomic E-state index is 8.94. The molecule has 2 nitrogen and oxygen atoms in total. The van der Waals surface area contributed by atoms with Crippen molar-refractivity contribution < 1.29 is 5.11 Å². The third-order valence-corrected chi connectivity index (χ3v) is 3.31. The van der Waals surface area contributed by atoms with Crippen molar-refractivity contribution in [3.8, 4) is 0 Å². The summed E-state index contributed by atoms with van der Waals surface area (Å²) in [5, 5.41) is 8.94. The summed E-state index contributed by atoms with van der Waals surface area (Å²) < 4.78 is 1.16. The van der Waals surface area contributed by atoms with E-state index in [0.29, 0.717) is 6.42 Å². The lowest BCUT2D eigenvalue weighted by Crippen LogP contribution is -2.35. The summed E-state index contributed by atoms with van der Waals surface area (Å²) in [6, 6.07) is 6.23. The molecule has 0 fully saturated rings. The predicted octanol–water partition coefficient (Wildman–Crippen LogP) is 2.16. The molecule has 3 N–H and O–H groups in total. The molecule has 0 aromatic heterocycles. The second-order valence-electron chi connectivity index (χ2n) is 3.87. The van der Waals surface area contributed by atoms with Crippen LogP contribution in [-0.2, 0) is 5.54 Å². The van der Waals surface area contributed by atoms with Crippen molar-refractivity contribution in [3.63, 3.8) is 0 Å². The molecule has 0 amide bonds. The Kier molecular flexibility index (Phi) is 3.92. The number of aryl methyl sites for hydroxylation is 1. The molecule has 1 aromatic rings. The molecular weight excluding hydrogens is 289 g/mol. The molecule has 0 aliphatic heterocycles. The molecule has 3 heteroatoms. The van der Waals surface area contributed by atoms with E-state index in [0.717, 1.165) is 9.13 Å². The Balaban J connectivity index is 3.10. The van der Waals surface area contributed by atoms with Gasteiger partial charge in [-0.1, -0.05) is 17.7 Å². The highest BCUT2D eigenvalue weighted by Gasteiger charge is 2.22. The van der Waals surface area contributed by atoms with Gasteiger partial charge in [0.15, 0.2) is 0 Å². The Bertz CT molecular complexity index is 323. The summed E-state index contributed by atoms with van der Waals surface area (Å²) in [5.41, 5.74) is 8.04. The summed E-state index contributed by atoms with van der Waals surface area (Å²) in [6.07, 6.45) is 0.590. The smallest absolute Gasteiger partial charge is 0.0451 e. The SMILES string of the molecule is Cc1ccc(I)c([C@](C)(N)CCO)c1. The van der Waals surface area contributed by atoms with Gasteiger partial charge in [0, 0.05) is 15.7 Å². The van der Waals surface area contributed by atoms with Gasteiger partial charge in [-0.3, -0.25) is 0 Å². The molecular formula is C11H16INO. The first-order valence-electron chi connectivity index (χ1n) is 4.64. The Labute approximate surface area is 98.7 Å². The molecule has 0 radical (unpaired) electrons. The van der Waals surface area contributed by atoms with Crippen LogP contribution in [0, 0.1) is 10.5 Å². The minimum Gasteiger partial charge on any atom is -0.396 e. The highest BCUT2D eigenvalue weighted by atomic mass is 127. The molecule has 14 heavy (non-hydrogen) atoms. The number of benzene rings is 1. The van der Waals surface area contributed by atoms with Gasteiger partial charge in [0.1, 0.15) is 0 Å². The first-order chi connectivity index (χ1) is 6.47. The van der Waals surface area contributed by atoms with Crippen LogP contribution in [-0.4, -0.2) is 11.7 Å². The number of halogens is 1. The number of aliphatic hydroxyl groups is 1. The van der Waals surface area contributed by atoms with Gasteiger partial charge in [-0.15, -0.1) is 0 Å². The number of aliphatic hydroxyl groups excluding tert-OH is 1. The molecule has 0 spiro atoms. The summed E-state index contributed by atoms with van der Waals surface area (Å²) >= 11 is 2.28. The molecule has 1 atom stereocenters. The fourth-order valence-electron chi connectivity index (χ4n) is 1.44. The van der Waals surface area contributed by atoms with Crippen molar-refractivity contribution in [1.29, 1.82) is 0 Å². The van der Waals surface area contributed by atoms with E-state index in [-0.39, 0.29) is 6.61 Å². The van der Waals surface area contributed by atoms with Crippen LogP contribution >= 0.6 is 22.6 Å². The number of hydrogen-bond donors (Lipinski definition) is 2. The van der Waals surface area contributed by atoms with Gasteiger partial charge >= 0.3 is 0 Å². The highest BCUT2D eigenvalue weighted by Crippen LogP contribution is 2.26.